The highest BCUT2D eigenvalue weighted by Crippen LogP contribution is 2.30. The molecule has 0 radical (unpaired) electrons. The maximum atomic E-state index is 4.61. The molecular formula is C21H25N7. The lowest BCUT2D eigenvalue weighted by atomic mass is 10.1. The Morgan fingerprint density at radius 2 is 1.57 bits per heavy atom. The van der Waals surface area contributed by atoms with Crippen molar-refractivity contribution in [1.82, 2.24) is 24.8 Å². The fourth-order valence-electron chi connectivity index (χ4n) is 4.24. The first-order valence-corrected chi connectivity index (χ1v) is 10.1. The van der Waals surface area contributed by atoms with Gasteiger partial charge in [-0.15, -0.1) is 0 Å². The van der Waals surface area contributed by atoms with Crippen LogP contribution in [0.1, 0.15) is 18.4 Å². The second-order valence-corrected chi connectivity index (χ2v) is 7.60. The van der Waals surface area contributed by atoms with Crippen molar-refractivity contribution < 1.29 is 0 Å². The van der Waals surface area contributed by atoms with E-state index in [1.807, 2.05) is 12.4 Å². The second-order valence-electron chi connectivity index (χ2n) is 7.60. The first-order valence-electron chi connectivity index (χ1n) is 10.1. The number of benzene rings is 1. The van der Waals surface area contributed by atoms with Gasteiger partial charge in [-0.25, -0.2) is 19.9 Å². The standard InChI is InChI=1S/C21H25N7/c1-2-6-28(5-1)21-19-11-18(3-4-20(19)24-16-25-21)27-9-7-26(8-10-27)14-17-12-22-15-23-13-17/h3-4,11-13,15-16H,1-2,5-10,14H2. The summed E-state index contributed by atoms with van der Waals surface area (Å²) in [6.07, 6.45) is 9.59. The molecule has 2 aliphatic heterocycles. The summed E-state index contributed by atoms with van der Waals surface area (Å²) in [7, 11) is 0. The Morgan fingerprint density at radius 3 is 2.36 bits per heavy atom. The van der Waals surface area contributed by atoms with Gasteiger partial charge in [-0.3, -0.25) is 4.90 Å². The molecule has 0 aliphatic carbocycles. The fraction of sp³-hybridized carbons (Fsp3) is 0.429. The Morgan fingerprint density at radius 1 is 0.786 bits per heavy atom. The molecule has 0 bridgehead atoms. The molecule has 0 spiro atoms. The Bertz CT molecular complexity index is 932. The molecule has 7 nitrogen and oxygen atoms in total. The lowest BCUT2D eigenvalue weighted by molar-refractivity contribution is 0.249. The van der Waals surface area contributed by atoms with Crippen LogP contribution in [-0.4, -0.2) is 64.1 Å². The summed E-state index contributed by atoms with van der Waals surface area (Å²) in [4.78, 5) is 24.7. The summed E-state index contributed by atoms with van der Waals surface area (Å²) in [6, 6.07) is 6.62. The van der Waals surface area contributed by atoms with Gasteiger partial charge in [0.2, 0.25) is 0 Å². The van der Waals surface area contributed by atoms with Crippen LogP contribution in [0.5, 0.6) is 0 Å². The Labute approximate surface area is 165 Å². The van der Waals surface area contributed by atoms with Crippen LogP contribution >= 0.6 is 0 Å². The molecule has 7 heteroatoms. The third-order valence-electron chi connectivity index (χ3n) is 5.76. The van der Waals surface area contributed by atoms with Gasteiger partial charge in [0.25, 0.3) is 0 Å². The molecule has 5 rings (SSSR count). The molecule has 0 amide bonds. The number of hydrogen-bond donors (Lipinski definition) is 0. The van der Waals surface area contributed by atoms with Gasteiger partial charge in [0.15, 0.2) is 0 Å². The highest BCUT2D eigenvalue weighted by molar-refractivity contribution is 5.92. The van der Waals surface area contributed by atoms with Crippen LogP contribution in [0.25, 0.3) is 10.9 Å². The van der Waals surface area contributed by atoms with Gasteiger partial charge in [-0.1, -0.05) is 0 Å². The third kappa shape index (κ3) is 3.49. The van der Waals surface area contributed by atoms with E-state index in [2.05, 4.69) is 52.8 Å². The molecule has 0 N–H and O–H groups in total. The zero-order chi connectivity index (χ0) is 18.8. The summed E-state index contributed by atoms with van der Waals surface area (Å²) >= 11 is 0. The molecule has 0 saturated carbocycles. The number of fused-ring (bicyclic) bond motifs is 1. The van der Waals surface area contributed by atoms with E-state index in [-0.39, 0.29) is 0 Å². The van der Waals surface area contributed by atoms with Crippen molar-refractivity contribution in [2.24, 2.45) is 0 Å². The van der Waals surface area contributed by atoms with E-state index >= 15 is 0 Å². The minimum atomic E-state index is 0.916. The maximum absolute atomic E-state index is 4.61. The van der Waals surface area contributed by atoms with E-state index in [0.717, 1.165) is 57.1 Å². The van der Waals surface area contributed by atoms with Crippen molar-refractivity contribution in [3.8, 4) is 0 Å². The zero-order valence-corrected chi connectivity index (χ0v) is 16.0. The van der Waals surface area contributed by atoms with E-state index < -0.39 is 0 Å². The van der Waals surface area contributed by atoms with Gasteiger partial charge in [0.1, 0.15) is 18.5 Å². The van der Waals surface area contributed by atoms with Gasteiger partial charge in [0, 0.05) is 74.8 Å². The summed E-state index contributed by atoms with van der Waals surface area (Å²) in [5.41, 5.74) is 3.47. The molecule has 2 saturated heterocycles. The first kappa shape index (κ1) is 17.3. The molecule has 28 heavy (non-hydrogen) atoms. The Balaban J connectivity index is 1.32. The number of rotatable bonds is 4. The van der Waals surface area contributed by atoms with Crippen molar-refractivity contribution in [2.45, 2.75) is 19.4 Å². The van der Waals surface area contributed by atoms with Crippen LogP contribution in [0.15, 0.2) is 43.2 Å². The number of anilines is 2. The molecule has 2 aliphatic rings. The van der Waals surface area contributed by atoms with Gasteiger partial charge in [-0.2, -0.15) is 0 Å². The van der Waals surface area contributed by atoms with E-state index in [0.29, 0.717) is 0 Å². The predicted octanol–water partition coefficient (Wildman–Crippen LogP) is 2.34. The second kappa shape index (κ2) is 7.67. The third-order valence-corrected chi connectivity index (χ3v) is 5.76. The van der Waals surface area contributed by atoms with Gasteiger partial charge in [0.05, 0.1) is 5.52 Å². The van der Waals surface area contributed by atoms with Crippen LogP contribution < -0.4 is 9.80 Å². The van der Waals surface area contributed by atoms with Crippen LogP contribution in [0.3, 0.4) is 0 Å². The number of nitrogens with zero attached hydrogens (tertiary/aromatic N) is 7. The fourth-order valence-corrected chi connectivity index (χ4v) is 4.24. The van der Waals surface area contributed by atoms with E-state index in [1.54, 1.807) is 12.7 Å². The molecule has 0 unspecified atom stereocenters. The normalized spacial score (nSPS) is 18.1. The molecule has 4 heterocycles. The lowest BCUT2D eigenvalue weighted by Gasteiger charge is -2.36. The molecular weight excluding hydrogens is 350 g/mol. The minimum Gasteiger partial charge on any atom is -0.369 e. The first-order chi connectivity index (χ1) is 13.9. The quantitative estimate of drug-likeness (QED) is 0.694. The van der Waals surface area contributed by atoms with Crippen LogP contribution in [0.4, 0.5) is 11.5 Å². The average Bonchev–Trinajstić information content (AvgIpc) is 3.29. The molecule has 2 aromatic heterocycles. The topological polar surface area (TPSA) is 61.3 Å². The Kier molecular flexibility index (Phi) is 4.74. The Hall–Kier alpha value is -2.80. The smallest absolute Gasteiger partial charge is 0.139 e. The zero-order valence-electron chi connectivity index (χ0n) is 16.0. The minimum absolute atomic E-state index is 0.916. The van der Waals surface area contributed by atoms with Crippen LogP contribution in [-0.2, 0) is 6.54 Å². The van der Waals surface area contributed by atoms with Crippen LogP contribution in [0, 0.1) is 0 Å². The van der Waals surface area contributed by atoms with E-state index in [9.17, 15) is 0 Å². The van der Waals surface area contributed by atoms with Gasteiger partial charge in [-0.05, 0) is 31.0 Å². The number of hydrogen-bond acceptors (Lipinski definition) is 7. The van der Waals surface area contributed by atoms with Crippen molar-refractivity contribution in [3.05, 3.63) is 48.8 Å². The lowest BCUT2D eigenvalue weighted by Crippen LogP contribution is -2.46. The highest BCUT2D eigenvalue weighted by Gasteiger charge is 2.20. The summed E-state index contributed by atoms with van der Waals surface area (Å²) in [5, 5.41) is 1.17. The molecule has 3 aromatic rings. The average molecular weight is 375 g/mol. The van der Waals surface area contributed by atoms with Gasteiger partial charge < -0.3 is 9.80 Å². The number of piperazine rings is 1. The van der Waals surface area contributed by atoms with E-state index in [4.69, 9.17) is 0 Å². The largest absolute Gasteiger partial charge is 0.369 e. The van der Waals surface area contributed by atoms with Crippen LogP contribution in [0.2, 0.25) is 0 Å². The highest BCUT2D eigenvalue weighted by atomic mass is 15.3. The maximum Gasteiger partial charge on any atom is 0.139 e. The monoisotopic (exact) mass is 375 g/mol. The number of aromatic nitrogens is 4. The SMILES string of the molecule is c1ncc(CN2CCN(c3ccc4ncnc(N5CCCC5)c4c3)CC2)cn1. The predicted molar refractivity (Wildman–Crippen MR) is 111 cm³/mol. The van der Waals surface area contributed by atoms with Gasteiger partial charge >= 0.3 is 0 Å². The summed E-state index contributed by atoms with van der Waals surface area (Å²) in [5.74, 6) is 1.09. The van der Waals surface area contributed by atoms with E-state index in [1.165, 1.54) is 29.5 Å². The van der Waals surface area contributed by atoms with Crippen molar-refractivity contribution in [2.75, 3.05) is 49.1 Å². The van der Waals surface area contributed by atoms with Crippen molar-refractivity contribution >= 4 is 22.4 Å². The molecule has 144 valence electrons. The van der Waals surface area contributed by atoms with Crippen molar-refractivity contribution in [3.63, 3.8) is 0 Å². The summed E-state index contributed by atoms with van der Waals surface area (Å²) < 4.78 is 0. The summed E-state index contributed by atoms with van der Waals surface area (Å²) in [6.45, 7) is 7.22. The molecule has 2 fully saturated rings. The molecule has 1 aromatic carbocycles. The molecule has 0 atom stereocenters. The van der Waals surface area contributed by atoms with Crippen molar-refractivity contribution in [1.29, 1.82) is 0 Å².